The third-order valence-electron chi connectivity index (χ3n) is 1.77. The molecule has 2 aromatic heterocycles. The molecule has 0 atom stereocenters. The quantitative estimate of drug-likeness (QED) is 0.657. The summed E-state index contributed by atoms with van der Waals surface area (Å²) in [6.45, 7) is 0. The minimum atomic E-state index is -0.155. The first-order chi connectivity index (χ1) is 6.31. The van der Waals surface area contributed by atoms with Gasteiger partial charge >= 0.3 is 0 Å². The Labute approximate surface area is 74.2 Å². The number of hydrogen-bond acceptors (Lipinski definition) is 3. The summed E-state index contributed by atoms with van der Waals surface area (Å²) in [5.41, 5.74) is 1.17. The standard InChI is InChI=1S/C8H8N4O/c1-9-8(13)6-2-5-3-10-4-11-7(5)12-6/h2-4H,1H3,(H,9,13)(H,10,11,12). The van der Waals surface area contributed by atoms with Crippen LogP contribution in [0, 0.1) is 0 Å². The molecule has 0 aliphatic carbocycles. The molecule has 0 aliphatic heterocycles. The molecule has 13 heavy (non-hydrogen) atoms. The van der Waals surface area contributed by atoms with Crippen LogP contribution in [-0.4, -0.2) is 27.9 Å². The Kier molecular flexibility index (Phi) is 1.70. The average Bonchev–Trinajstić information content (AvgIpc) is 2.59. The van der Waals surface area contributed by atoms with Crippen molar-refractivity contribution in [2.24, 2.45) is 0 Å². The Morgan fingerprint density at radius 2 is 2.46 bits per heavy atom. The molecule has 2 N–H and O–H groups in total. The maximum absolute atomic E-state index is 11.2. The summed E-state index contributed by atoms with van der Waals surface area (Å²) in [7, 11) is 1.58. The molecule has 66 valence electrons. The third-order valence-corrected chi connectivity index (χ3v) is 1.77. The fourth-order valence-electron chi connectivity index (χ4n) is 1.13. The lowest BCUT2D eigenvalue weighted by atomic mass is 10.3. The molecule has 0 spiro atoms. The summed E-state index contributed by atoms with van der Waals surface area (Å²) in [5.74, 6) is -0.155. The average molecular weight is 176 g/mol. The summed E-state index contributed by atoms with van der Waals surface area (Å²) in [6.07, 6.45) is 3.09. The predicted octanol–water partition coefficient (Wildman–Crippen LogP) is 0.318. The lowest BCUT2D eigenvalue weighted by Crippen LogP contribution is -2.17. The van der Waals surface area contributed by atoms with E-state index in [9.17, 15) is 4.79 Å². The van der Waals surface area contributed by atoms with E-state index < -0.39 is 0 Å². The highest BCUT2D eigenvalue weighted by Gasteiger charge is 2.07. The molecule has 0 aromatic carbocycles. The lowest BCUT2D eigenvalue weighted by molar-refractivity contribution is 0.0959. The van der Waals surface area contributed by atoms with Gasteiger partial charge in [-0.05, 0) is 6.07 Å². The van der Waals surface area contributed by atoms with Gasteiger partial charge in [-0.25, -0.2) is 9.97 Å². The van der Waals surface area contributed by atoms with Gasteiger partial charge in [0.2, 0.25) is 0 Å². The molecule has 0 aliphatic rings. The Hall–Kier alpha value is -1.91. The van der Waals surface area contributed by atoms with Crippen molar-refractivity contribution in [1.82, 2.24) is 20.3 Å². The van der Waals surface area contributed by atoms with E-state index in [1.807, 2.05) is 0 Å². The van der Waals surface area contributed by atoms with E-state index in [1.165, 1.54) is 6.33 Å². The maximum Gasteiger partial charge on any atom is 0.267 e. The molecular weight excluding hydrogens is 168 g/mol. The minimum Gasteiger partial charge on any atom is -0.354 e. The zero-order valence-corrected chi connectivity index (χ0v) is 7.03. The van der Waals surface area contributed by atoms with Gasteiger partial charge in [0.25, 0.3) is 5.91 Å². The second kappa shape index (κ2) is 2.85. The number of nitrogens with zero attached hydrogens (tertiary/aromatic N) is 2. The number of fused-ring (bicyclic) bond motifs is 1. The number of nitrogens with one attached hydrogen (secondary N) is 2. The van der Waals surface area contributed by atoms with Crippen LogP contribution in [0.3, 0.4) is 0 Å². The first-order valence-corrected chi connectivity index (χ1v) is 3.82. The summed E-state index contributed by atoms with van der Waals surface area (Å²) in [4.78, 5) is 21.9. The number of aromatic nitrogens is 3. The Morgan fingerprint density at radius 1 is 1.62 bits per heavy atom. The van der Waals surface area contributed by atoms with E-state index >= 15 is 0 Å². The molecule has 0 saturated heterocycles. The highest BCUT2D eigenvalue weighted by molar-refractivity contribution is 5.96. The predicted molar refractivity (Wildman–Crippen MR) is 47.3 cm³/mol. The zero-order chi connectivity index (χ0) is 9.26. The molecule has 2 heterocycles. The van der Waals surface area contributed by atoms with Crippen molar-refractivity contribution in [3.8, 4) is 0 Å². The van der Waals surface area contributed by atoms with E-state index in [0.717, 1.165) is 5.39 Å². The fraction of sp³-hybridized carbons (Fsp3) is 0.125. The van der Waals surface area contributed by atoms with Crippen molar-refractivity contribution in [3.05, 3.63) is 24.3 Å². The van der Waals surface area contributed by atoms with Crippen molar-refractivity contribution in [1.29, 1.82) is 0 Å². The van der Waals surface area contributed by atoms with Gasteiger partial charge in [-0.15, -0.1) is 0 Å². The molecule has 2 rings (SSSR count). The smallest absolute Gasteiger partial charge is 0.267 e. The number of aromatic amines is 1. The van der Waals surface area contributed by atoms with Crippen molar-refractivity contribution >= 4 is 16.9 Å². The SMILES string of the molecule is CNC(=O)c1cc2cncnc2[nH]1. The summed E-state index contributed by atoms with van der Waals surface area (Å²) in [6, 6.07) is 1.72. The number of carbonyl (C=O) groups is 1. The number of rotatable bonds is 1. The summed E-state index contributed by atoms with van der Waals surface area (Å²) < 4.78 is 0. The molecule has 0 radical (unpaired) electrons. The topological polar surface area (TPSA) is 70.7 Å². The van der Waals surface area contributed by atoms with Crippen molar-refractivity contribution < 1.29 is 4.79 Å². The molecular formula is C8H8N4O. The summed E-state index contributed by atoms with van der Waals surface area (Å²) in [5, 5.41) is 3.36. The van der Waals surface area contributed by atoms with Crippen LogP contribution in [0.25, 0.3) is 11.0 Å². The number of carbonyl (C=O) groups excluding carboxylic acids is 1. The third kappa shape index (κ3) is 1.24. The lowest BCUT2D eigenvalue weighted by Gasteiger charge is -1.91. The van der Waals surface area contributed by atoms with Gasteiger partial charge in [0, 0.05) is 18.6 Å². The van der Waals surface area contributed by atoms with Crippen LogP contribution in [-0.2, 0) is 0 Å². The van der Waals surface area contributed by atoms with Gasteiger partial charge in [0.15, 0.2) is 0 Å². The number of amides is 1. The van der Waals surface area contributed by atoms with Crippen molar-refractivity contribution in [2.75, 3.05) is 7.05 Å². The van der Waals surface area contributed by atoms with E-state index in [2.05, 4.69) is 20.3 Å². The Morgan fingerprint density at radius 3 is 3.15 bits per heavy atom. The van der Waals surface area contributed by atoms with Gasteiger partial charge < -0.3 is 10.3 Å². The highest BCUT2D eigenvalue weighted by Crippen LogP contribution is 2.10. The minimum absolute atomic E-state index is 0.155. The zero-order valence-electron chi connectivity index (χ0n) is 7.03. The molecule has 0 fully saturated rings. The van der Waals surface area contributed by atoms with Crippen LogP contribution < -0.4 is 5.32 Å². The van der Waals surface area contributed by atoms with Crippen LogP contribution >= 0.6 is 0 Å². The van der Waals surface area contributed by atoms with Crippen LogP contribution in [0.5, 0.6) is 0 Å². The molecule has 0 saturated carbocycles. The van der Waals surface area contributed by atoms with Crippen LogP contribution in [0.15, 0.2) is 18.6 Å². The van der Waals surface area contributed by atoms with Crippen LogP contribution in [0.1, 0.15) is 10.5 Å². The molecule has 0 bridgehead atoms. The molecule has 1 amide bonds. The molecule has 0 unspecified atom stereocenters. The highest BCUT2D eigenvalue weighted by atomic mass is 16.1. The Balaban J connectivity index is 2.56. The fourth-order valence-corrected chi connectivity index (χ4v) is 1.13. The van der Waals surface area contributed by atoms with E-state index in [1.54, 1.807) is 19.3 Å². The van der Waals surface area contributed by atoms with Gasteiger partial charge in [0.05, 0.1) is 0 Å². The van der Waals surface area contributed by atoms with Crippen LogP contribution in [0.4, 0.5) is 0 Å². The van der Waals surface area contributed by atoms with E-state index in [-0.39, 0.29) is 5.91 Å². The second-order valence-electron chi connectivity index (χ2n) is 2.59. The first kappa shape index (κ1) is 7.72. The summed E-state index contributed by atoms with van der Waals surface area (Å²) >= 11 is 0. The first-order valence-electron chi connectivity index (χ1n) is 3.82. The molecule has 2 aromatic rings. The van der Waals surface area contributed by atoms with Gasteiger partial charge in [-0.2, -0.15) is 0 Å². The van der Waals surface area contributed by atoms with Crippen molar-refractivity contribution in [3.63, 3.8) is 0 Å². The second-order valence-corrected chi connectivity index (χ2v) is 2.59. The normalized spacial score (nSPS) is 10.2. The van der Waals surface area contributed by atoms with Gasteiger partial charge in [-0.3, -0.25) is 4.79 Å². The number of H-pyrrole nitrogens is 1. The number of hydrogen-bond donors (Lipinski definition) is 2. The van der Waals surface area contributed by atoms with Crippen LogP contribution in [0.2, 0.25) is 0 Å². The molecule has 5 nitrogen and oxygen atoms in total. The van der Waals surface area contributed by atoms with E-state index in [0.29, 0.717) is 11.3 Å². The maximum atomic E-state index is 11.2. The largest absolute Gasteiger partial charge is 0.354 e. The molecule has 5 heteroatoms. The Bertz CT molecular complexity index is 415. The van der Waals surface area contributed by atoms with Gasteiger partial charge in [-0.1, -0.05) is 0 Å². The van der Waals surface area contributed by atoms with Gasteiger partial charge in [0.1, 0.15) is 17.7 Å². The van der Waals surface area contributed by atoms with Crippen molar-refractivity contribution in [2.45, 2.75) is 0 Å². The monoisotopic (exact) mass is 176 g/mol. The van der Waals surface area contributed by atoms with E-state index in [4.69, 9.17) is 0 Å².